The summed E-state index contributed by atoms with van der Waals surface area (Å²) in [6.45, 7) is 0. The molecule has 0 aliphatic heterocycles. The van der Waals surface area contributed by atoms with Crippen LogP contribution in [-0.4, -0.2) is 20.7 Å². The van der Waals surface area contributed by atoms with Crippen LogP contribution in [0.1, 0.15) is 20.9 Å². The molecule has 1 N–H and O–H groups in total. The van der Waals surface area contributed by atoms with E-state index in [1.54, 1.807) is 12.1 Å². The van der Waals surface area contributed by atoms with Gasteiger partial charge in [-0.25, -0.2) is 0 Å². The second kappa shape index (κ2) is 6.49. The minimum absolute atomic E-state index is 0.173. The number of aromatic nitrogens is 3. The summed E-state index contributed by atoms with van der Waals surface area (Å²) in [5, 5.41) is 13.7. The zero-order valence-electron chi connectivity index (χ0n) is 13.6. The first-order chi connectivity index (χ1) is 12.2. The van der Waals surface area contributed by atoms with Crippen LogP contribution in [0.2, 0.25) is 0 Å². The molecule has 0 aliphatic rings. The number of anilines is 1. The molecular formula is C19H16N4OS. The van der Waals surface area contributed by atoms with Crippen LogP contribution in [0.25, 0.3) is 10.9 Å². The molecule has 5 nitrogen and oxygen atoms in total. The fourth-order valence-electron chi connectivity index (χ4n) is 2.86. The van der Waals surface area contributed by atoms with Crippen molar-refractivity contribution < 1.29 is 4.79 Å². The summed E-state index contributed by atoms with van der Waals surface area (Å²) < 4.78 is 2.11. The zero-order chi connectivity index (χ0) is 17.2. The Labute approximate surface area is 149 Å². The number of rotatable bonds is 4. The van der Waals surface area contributed by atoms with E-state index in [4.69, 9.17) is 0 Å². The number of nitrogens with zero attached hydrogens (tertiary/aromatic N) is 3. The Morgan fingerprint density at radius 2 is 1.84 bits per heavy atom. The highest BCUT2D eigenvalue weighted by atomic mass is 32.1. The van der Waals surface area contributed by atoms with Gasteiger partial charge < -0.3 is 4.57 Å². The third-order valence-electron chi connectivity index (χ3n) is 4.04. The van der Waals surface area contributed by atoms with Gasteiger partial charge in [0, 0.05) is 36.1 Å². The Hall–Kier alpha value is -2.99. The molecule has 0 aliphatic carbocycles. The summed E-state index contributed by atoms with van der Waals surface area (Å²) >= 11 is 1.41. The molecule has 0 spiro atoms. The van der Waals surface area contributed by atoms with Crippen LogP contribution in [-0.2, 0) is 13.5 Å². The zero-order valence-corrected chi connectivity index (χ0v) is 14.5. The van der Waals surface area contributed by atoms with Gasteiger partial charge in [0.15, 0.2) is 0 Å². The molecule has 0 bridgehead atoms. The number of fused-ring (bicyclic) bond motifs is 1. The summed E-state index contributed by atoms with van der Waals surface area (Å²) in [5.74, 6) is -0.173. The first kappa shape index (κ1) is 15.5. The van der Waals surface area contributed by atoms with Crippen LogP contribution in [0.3, 0.4) is 0 Å². The van der Waals surface area contributed by atoms with Gasteiger partial charge in [0.1, 0.15) is 5.01 Å². The average Bonchev–Trinajstić information content (AvgIpc) is 3.21. The second-order valence-electron chi connectivity index (χ2n) is 5.78. The number of nitrogens with one attached hydrogen (secondary N) is 1. The summed E-state index contributed by atoms with van der Waals surface area (Å²) in [7, 11) is 2.04. The van der Waals surface area contributed by atoms with Gasteiger partial charge in [-0.3, -0.25) is 10.1 Å². The van der Waals surface area contributed by atoms with Crippen molar-refractivity contribution >= 4 is 33.3 Å². The fourth-order valence-corrected chi connectivity index (χ4v) is 3.62. The highest BCUT2D eigenvalue weighted by molar-refractivity contribution is 7.15. The van der Waals surface area contributed by atoms with Crippen molar-refractivity contribution in [1.29, 1.82) is 0 Å². The summed E-state index contributed by atoms with van der Waals surface area (Å²) in [6.07, 6.45) is 2.81. The van der Waals surface area contributed by atoms with E-state index < -0.39 is 0 Å². The summed E-state index contributed by atoms with van der Waals surface area (Å²) in [6, 6.07) is 17.4. The average molecular weight is 348 g/mol. The highest BCUT2D eigenvalue weighted by Crippen LogP contribution is 2.25. The molecule has 124 valence electrons. The molecule has 0 atom stereocenters. The number of aryl methyl sites for hydroxylation is 1. The number of amides is 1. The lowest BCUT2D eigenvalue weighted by molar-refractivity contribution is 0.102. The van der Waals surface area contributed by atoms with Gasteiger partial charge in [-0.15, -0.1) is 10.2 Å². The van der Waals surface area contributed by atoms with Gasteiger partial charge in [-0.1, -0.05) is 47.7 Å². The van der Waals surface area contributed by atoms with Crippen molar-refractivity contribution in [2.75, 3.05) is 5.32 Å². The third-order valence-corrected chi connectivity index (χ3v) is 4.88. The van der Waals surface area contributed by atoms with E-state index in [0.29, 0.717) is 17.1 Å². The first-order valence-electron chi connectivity index (χ1n) is 7.92. The predicted octanol–water partition coefficient (Wildman–Crippen LogP) is 3.87. The summed E-state index contributed by atoms with van der Waals surface area (Å²) in [4.78, 5) is 12.2. The molecule has 0 unspecified atom stereocenters. The largest absolute Gasteiger partial charge is 0.350 e. The standard InChI is InChI=1S/C19H16N4OS/c1-23-12-14(15-9-5-6-10-16(15)23)11-17-21-22-19(25-17)20-18(24)13-7-3-2-4-8-13/h2-10,12H,11H2,1H3,(H,20,22,24). The Morgan fingerprint density at radius 1 is 1.08 bits per heavy atom. The van der Waals surface area contributed by atoms with Gasteiger partial charge >= 0.3 is 0 Å². The number of benzene rings is 2. The van der Waals surface area contributed by atoms with E-state index in [1.807, 2.05) is 37.4 Å². The van der Waals surface area contributed by atoms with Crippen molar-refractivity contribution in [2.24, 2.45) is 7.05 Å². The topological polar surface area (TPSA) is 59.8 Å². The summed E-state index contributed by atoms with van der Waals surface area (Å²) in [5.41, 5.74) is 3.00. The lowest BCUT2D eigenvalue weighted by Gasteiger charge is -1.99. The molecule has 0 fully saturated rings. The highest BCUT2D eigenvalue weighted by Gasteiger charge is 2.12. The van der Waals surface area contributed by atoms with Crippen LogP contribution in [0.4, 0.5) is 5.13 Å². The normalized spacial score (nSPS) is 10.9. The van der Waals surface area contributed by atoms with Crippen molar-refractivity contribution in [1.82, 2.24) is 14.8 Å². The van der Waals surface area contributed by atoms with E-state index >= 15 is 0 Å². The number of carbonyl (C=O) groups excluding carboxylic acids is 1. The van der Waals surface area contributed by atoms with Gasteiger partial charge in [0.25, 0.3) is 5.91 Å². The quantitative estimate of drug-likeness (QED) is 0.609. The second-order valence-corrected chi connectivity index (χ2v) is 6.84. The Kier molecular flexibility index (Phi) is 4.03. The van der Waals surface area contributed by atoms with Crippen molar-refractivity contribution in [2.45, 2.75) is 6.42 Å². The molecule has 2 aromatic heterocycles. The van der Waals surface area contributed by atoms with Gasteiger partial charge in [0.2, 0.25) is 5.13 Å². The van der Waals surface area contributed by atoms with Gasteiger partial charge in [-0.2, -0.15) is 0 Å². The molecule has 6 heteroatoms. The molecule has 0 saturated carbocycles. The maximum Gasteiger partial charge on any atom is 0.257 e. The molecule has 2 heterocycles. The van der Waals surface area contributed by atoms with E-state index in [1.165, 1.54) is 27.8 Å². The van der Waals surface area contributed by atoms with Crippen LogP contribution >= 0.6 is 11.3 Å². The van der Waals surface area contributed by atoms with Crippen LogP contribution in [0, 0.1) is 0 Å². The SMILES string of the molecule is Cn1cc(Cc2nnc(NC(=O)c3ccccc3)s2)c2ccccc21. The van der Waals surface area contributed by atoms with Crippen molar-refractivity contribution in [3.63, 3.8) is 0 Å². The molecule has 4 rings (SSSR count). The number of hydrogen-bond donors (Lipinski definition) is 1. The van der Waals surface area contributed by atoms with E-state index in [0.717, 1.165) is 5.01 Å². The Bertz CT molecular complexity index is 1040. The Balaban J connectivity index is 1.52. The fraction of sp³-hybridized carbons (Fsp3) is 0.105. The maximum atomic E-state index is 12.2. The minimum atomic E-state index is -0.173. The molecule has 0 saturated heterocycles. The number of para-hydroxylation sites is 1. The first-order valence-corrected chi connectivity index (χ1v) is 8.74. The van der Waals surface area contributed by atoms with Crippen LogP contribution in [0.15, 0.2) is 60.8 Å². The molecular weight excluding hydrogens is 332 g/mol. The van der Waals surface area contributed by atoms with Crippen molar-refractivity contribution in [3.05, 3.63) is 76.9 Å². The van der Waals surface area contributed by atoms with Gasteiger partial charge in [-0.05, 0) is 23.8 Å². The number of carbonyl (C=O) groups is 1. The smallest absolute Gasteiger partial charge is 0.257 e. The van der Waals surface area contributed by atoms with Crippen molar-refractivity contribution in [3.8, 4) is 0 Å². The maximum absolute atomic E-state index is 12.2. The predicted molar refractivity (Wildman–Crippen MR) is 100 cm³/mol. The molecule has 4 aromatic rings. The molecule has 1 amide bonds. The number of hydrogen-bond acceptors (Lipinski definition) is 4. The third kappa shape index (κ3) is 3.16. The van der Waals surface area contributed by atoms with E-state index in [-0.39, 0.29) is 5.91 Å². The minimum Gasteiger partial charge on any atom is -0.350 e. The lowest BCUT2D eigenvalue weighted by atomic mass is 10.1. The van der Waals surface area contributed by atoms with E-state index in [2.05, 4.69) is 38.4 Å². The molecule has 0 radical (unpaired) electrons. The van der Waals surface area contributed by atoms with Crippen LogP contribution < -0.4 is 5.32 Å². The van der Waals surface area contributed by atoms with Crippen LogP contribution in [0.5, 0.6) is 0 Å². The molecule has 25 heavy (non-hydrogen) atoms. The van der Waals surface area contributed by atoms with Gasteiger partial charge in [0.05, 0.1) is 0 Å². The van der Waals surface area contributed by atoms with E-state index in [9.17, 15) is 4.79 Å². The molecule has 2 aromatic carbocycles. The monoisotopic (exact) mass is 348 g/mol. The Morgan fingerprint density at radius 3 is 2.68 bits per heavy atom. The lowest BCUT2D eigenvalue weighted by Crippen LogP contribution is -2.11.